The van der Waals surface area contributed by atoms with Crippen LogP contribution in [0.15, 0.2) is 18.2 Å². The zero-order valence-electron chi connectivity index (χ0n) is 8.70. The molecule has 80 valence electrons. The van der Waals surface area contributed by atoms with E-state index >= 15 is 0 Å². The second-order valence-electron chi connectivity index (χ2n) is 2.80. The second kappa shape index (κ2) is 5.33. The summed E-state index contributed by atoms with van der Waals surface area (Å²) in [5.41, 5.74) is 6.07. The second-order valence-corrected chi connectivity index (χ2v) is 2.80. The van der Waals surface area contributed by atoms with Crippen LogP contribution < -0.4 is 15.8 Å². The van der Waals surface area contributed by atoms with Crippen molar-refractivity contribution in [1.82, 2.24) is 0 Å². The van der Waals surface area contributed by atoms with Gasteiger partial charge in [0.2, 0.25) is 0 Å². The number of anilines is 1. The summed E-state index contributed by atoms with van der Waals surface area (Å²) >= 11 is 0. The molecule has 3 N–H and O–H groups in total. The van der Waals surface area contributed by atoms with E-state index in [1.807, 2.05) is 0 Å². The first kappa shape index (κ1) is 11.5. The van der Waals surface area contributed by atoms with E-state index in [1.54, 1.807) is 18.2 Å². The molecule has 0 aromatic heterocycles. The van der Waals surface area contributed by atoms with Gasteiger partial charge in [-0.25, -0.2) is 4.79 Å². The van der Waals surface area contributed by atoms with E-state index < -0.39 is 6.03 Å². The number of nitrogens with two attached hydrogens (primary N) is 1. The lowest BCUT2D eigenvalue weighted by atomic mass is 10.1. The van der Waals surface area contributed by atoms with Crippen molar-refractivity contribution in [3.8, 4) is 29.9 Å². The monoisotopic (exact) mass is 214 g/mol. The van der Waals surface area contributed by atoms with Crippen LogP contribution in [0.2, 0.25) is 0 Å². The molecule has 0 saturated carbocycles. The molecule has 0 bridgehead atoms. The fourth-order valence-electron chi connectivity index (χ4n) is 1.10. The normalized spacial score (nSPS) is 8.25. The van der Waals surface area contributed by atoms with E-state index in [4.69, 9.17) is 16.9 Å². The van der Waals surface area contributed by atoms with Gasteiger partial charge in [0.25, 0.3) is 0 Å². The van der Waals surface area contributed by atoms with Crippen molar-refractivity contribution >= 4 is 11.7 Å². The van der Waals surface area contributed by atoms with Crippen molar-refractivity contribution in [2.45, 2.75) is 0 Å². The molecule has 0 heterocycles. The van der Waals surface area contributed by atoms with E-state index in [1.165, 1.54) is 7.11 Å². The summed E-state index contributed by atoms with van der Waals surface area (Å²) in [6.07, 6.45) is 5.03. The van der Waals surface area contributed by atoms with Crippen molar-refractivity contribution in [3.63, 3.8) is 0 Å². The smallest absolute Gasteiger partial charge is 0.316 e. The fourth-order valence-corrected chi connectivity index (χ4v) is 1.10. The van der Waals surface area contributed by atoms with Gasteiger partial charge in [0.1, 0.15) is 5.75 Å². The number of hydrogen-bond donors (Lipinski definition) is 2. The van der Waals surface area contributed by atoms with Gasteiger partial charge in [0.05, 0.1) is 18.4 Å². The Labute approximate surface area is 93.8 Å². The predicted molar refractivity (Wildman–Crippen MR) is 61.9 cm³/mol. The third-order valence-electron chi connectivity index (χ3n) is 1.75. The summed E-state index contributed by atoms with van der Waals surface area (Å²) in [7, 11) is 1.54. The minimum Gasteiger partial charge on any atom is -0.497 e. The molecule has 0 aliphatic rings. The van der Waals surface area contributed by atoms with Crippen LogP contribution in [0.5, 0.6) is 5.75 Å². The van der Waals surface area contributed by atoms with Crippen LogP contribution >= 0.6 is 0 Å². The quantitative estimate of drug-likeness (QED) is 0.726. The minimum absolute atomic E-state index is 0.496. The van der Waals surface area contributed by atoms with Gasteiger partial charge in [-0.2, -0.15) is 0 Å². The number of hydrogen-bond acceptors (Lipinski definition) is 2. The molecule has 4 nitrogen and oxygen atoms in total. The standard InChI is InChI=1S/C12H10N2O2/c1-3-4-5-9-8-10(16-2)6-7-11(9)14-12(13)15/h1,6-8H,2H3,(H3,13,14,15). The largest absolute Gasteiger partial charge is 0.497 e. The van der Waals surface area contributed by atoms with Crippen molar-refractivity contribution in [3.05, 3.63) is 23.8 Å². The van der Waals surface area contributed by atoms with Gasteiger partial charge in [-0.15, -0.1) is 6.42 Å². The summed E-state index contributed by atoms with van der Waals surface area (Å²) in [5.74, 6) is 7.98. The number of terminal acetylenes is 1. The number of primary amides is 1. The first-order chi connectivity index (χ1) is 7.67. The van der Waals surface area contributed by atoms with Crippen LogP contribution in [0.25, 0.3) is 0 Å². The molecule has 16 heavy (non-hydrogen) atoms. The Morgan fingerprint density at radius 3 is 2.88 bits per heavy atom. The SMILES string of the molecule is C#CC#Cc1cc(OC)ccc1NC(N)=O. The number of carbonyl (C=O) groups excluding carboxylic acids is 1. The molecule has 0 atom stereocenters. The maximum absolute atomic E-state index is 10.7. The Morgan fingerprint density at radius 2 is 2.31 bits per heavy atom. The number of urea groups is 1. The van der Waals surface area contributed by atoms with Crippen LogP contribution in [-0.2, 0) is 0 Å². The fraction of sp³-hybridized carbons (Fsp3) is 0.0833. The predicted octanol–water partition coefficient (Wildman–Crippen LogP) is 1.17. The van der Waals surface area contributed by atoms with E-state index in [2.05, 4.69) is 23.1 Å². The number of carbonyl (C=O) groups is 1. The summed E-state index contributed by atoms with van der Waals surface area (Å²) in [5, 5.41) is 2.45. The highest BCUT2D eigenvalue weighted by molar-refractivity contribution is 5.89. The lowest BCUT2D eigenvalue weighted by Crippen LogP contribution is -2.19. The van der Waals surface area contributed by atoms with E-state index in [0.29, 0.717) is 17.0 Å². The summed E-state index contributed by atoms with van der Waals surface area (Å²) < 4.78 is 5.03. The Kier molecular flexibility index (Phi) is 3.83. The summed E-state index contributed by atoms with van der Waals surface area (Å²) in [6.45, 7) is 0. The van der Waals surface area contributed by atoms with Crippen LogP contribution in [0.4, 0.5) is 10.5 Å². The van der Waals surface area contributed by atoms with Gasteiger partial charge in [-0.3, -0.25) is 0 Å². The first-order valence-corrected chi connectivity index (χ1v) is 4.38. The lowest BCUT2D eigenvalue weighted by molar-refractivity contribution is 0.259. The number of rotatable bonds is 2. The molecule has 0 aliphatic heterocycles. The molecule has 0 radical (unpaired) electrons. The number of ether oxygens (including phenoxy) is 1. The highest BCUT2D eigenvalue weighted by Gasteiger charge is 2.03. The topological polar surface area (TPSA) is 64.3 Å². The van der Waals surface area contributed by atoms with Crippen molar-refractivity contribution in [1.29, 1.82) is 0 Å². The Hall–Kier alpha value is -2.59. The molecule has 0 aliphatic carbocycles. The average Bonchev–Trinajstić information content (AvgIpc) is 2.27. The van der Waals surface area contributed by atoms with Crippen LogP contribution in [0.3, 0.4) is 0 Å². The number of amides is 2. The highest BCUT2D eigenvalue weighted by atomic mass is 16.5. The highest BCUT2D eigenvalue weighted by Crippen LogP contribution is 2.20. The van der Waals surface area contributed by atoms with E-state index in [-0.39, 0.29) is 0 Å². The van der Waals surface area contributed by atoms with Crippen molar-refractivity contribution < 1.29 is 9.53 Å². The number of methoxy groups -OCH3 is 1. The summed E-state index contributed by atoms with van der Waals surface area (Å²) in [6, 6.07) is 4.33. The molecule has 0 spiro atoms. The maximum Gasteiger partial charge on any atom is 0.316 e. The molecule has 1 rings (SSSR count). The third-order valence-corrected chi connectivity index (χ3v) is 1.75. The molecule has 1 aromatic carbocycles. The lowest BCUT2D eigenvalue weighted by Gasteiger charge is -2.06. The van der Waals surface area contributed by atoms with Gasteiger partial charge in [0.15, 0.2) is 0 Å². The molecule has 2 amide bonds. The van der Waals surface area contributed by atoms with Crippen LogP contribution in [0, 0.1) is 24.2 Å². The van der Waals surface area contributed by atoms with Crippen LogP contribution in [-0.4, -0.2) is 13.1 Å². The first-order valence-electron chi connectivity index (χ1n) is 4.38. The molecule has 1 aromatic rings. The molecular weight excluding hydrogens is 204 g/mol. The molecule has 0 fully saturated rings. The Morgan fingerprint density at radius 1 is 1.56 bits per heavy atom. The third kappa shape index (κ3) is 2.97. The Bertz CT molecular complexity index is 504. The molecule has 0 saturated heterocycles. The van der Waals surface area contributed by atoms with E-state index in [0.717, 1.165) is 0 Å². The number of nitrogens with one attached hydrogen (secondary N) is 1. The Balaban J connectivity index is 3.16. The van der Waals surface area contributed by atoms with Gasteiger partial charge in [-0.1, -0.05) is 5.92 Å². The van der Waals surface area contributed by atoms with Crippen LogP contribution in [0.1, 0.15) is 5.56 Å². The van der Waals surface area contributed by atoms with Gasteiger partial charge >= 0.3 is 6.03 Å². The minimum atomic E-state index is -0.658. The van der Waals surface area contributed by atoms with Gasteiger partial charge in [0, 0.05) is 0 Å². The van der Waals surface area contributed by atoms with E-state index in [9.17, 15) is 4.79 Å². The summed E-state index contributed by atoms with van der Waals surface area (Å²) in [4.78, 5) is 10.7. The zero-order chi connectivity index (χ0) is 12.0. The van der Waals surface area contributed by atoms with Crippen molar-refractivity contribution in [2.24, 2.45) is 5.73 Å². The molecule has 0 unspecified atom stereocenters. The van der Waals surface area contributed by atoms with Gasteiger partial charge in [-0.05, 0) is 30.0 Å². The molecule has 4 heteroatoms. The number of benzene rings is 1. The van der Waals surface area contributed by atoms with Gasteiger partial charge < -0.3 is 15.8 Å². The zero-order valence-corrected chi connectivity index (χ0v) is 8.70. The average molecular weight is 214 g/mol. The molecular formula is C12H10N2O2. The van der Waals surface area contributed by atoms with Crippen molar-refractivity contribution in [2.75, 3.05) is 12.4 Å². The maximum atomic E-state index is 10.7.